The Kier molecular flexibility index (Phi) is 8.07. The molecule has 2 N–H and O–H groups in total. The van der Waals surface area contributed by atoms with Crippen LogP contribution in [0.5, 0.6) is 0 Å². The van der Waals surface area contributed by atoms with E-state index in [0.717, 1.165) is 16.8 Å². The number of nitrogens with zero attached hydrogens (tertiary/aromatic N) is 9. The van der Waals surface area contributed by atoms with Crippen LogP contribution in [-0.2, 0) is 5.54 Å². The van der Waals surface area contributed by atoms with Gasteiger partial charge in [0.2, 0.25) is 0 Å². The van der Waals surface area contributed by atoms with Crippen molar-refractivity contribution in [1.29, 1.82) is 5.26 Å². The van der Waals surface area contributed by atoms with Crippen molar-refractivity contribution in [2.75, 3.05) is 24.5 Å². The number of halogens is 1. The smallest absolute Gasteiger partial charge is 0.407 e. The summed E-state index contributed by atoms with van der Waals surface area (Å²) >= 11 is 0. The third-order valence-corrected chi connectivity index (χ3v) is 10.1. The maximum absolute atomic E-state index is 15.6. The Morgan fingerprint density at radius 3 is 2.57 bits per heavy atom. The minimum absolute atomic E-state index is 0.0323. The van der Waals surface area contributed by atoms with E-state index in [1.165, 1.54) is 6.20 Å². The summed E-state index contributed by atoms with van der Waals surface area (Å²) in [6.45, 7) is 9.57. The van der Waals surface area contributed by atoms with Crippen molar-refractivity contribution in [3.8, 4) is 28.6 Å². The standard InChI is InChI=1S/C36H39FN10O2/c1-35(2,3)30-17-27(12-15-44(30)34(48)49)46-21-25(20-41-46)28-22-47-32(24(18-38)19-42-47)31(43-28)23-8-10-26(11-9-23)45-16-14-40-33(37)36(45,4)29-7-5-6-13-39-29/h5-11,13,19-22,27,30,33,40H,12,14-17H2,1-4H3,(H,48,49). The normalized spacial score (nSPS) is 23.1. The number of amides is 1. The van der Waals surface area contributed by atoms with E-state index < -0.39 is 17.9 Å². The number of hydrogen-bond acceptors (Lipinski definition) is 8. The minimum Gasteiger partial charge on any atom is -0.465 e. The number of carboxylic acid groups (broad SMARTS) is 1. The van der Waals surface area contributed by atoms with Crippen LogP contribution in [0, 0.1) is 16.7 Å². The molecule has 0 aliphatic carbocycles. The zero-order valence-corrected chi connectivity index (χ0v) is 28.0. The number of benzene rings is 1. The van der Waals surface area contributed by atoms with Crippen molar-refractivity contribution in [1.82, 2.24) is 39.6 Å². The Balaban J connectivity index is 1.23. The first-order valence-corrected chi connectivity index (χ1v) is 16.5. The van der Waals surface area contributed by atoms with Gasteiger partial charge in [0.15, 0.2) is 6.30 Å². The molecule has 0 saturated carbocycles. The minimum atomic E-state index is -1.33. The van der Waals surface area contributed by atoms with Crippen molar-refractivity contribution in [3.05, 3.63) is 84.7 Å². The number of carbonyl (C=O) groups is 1. The van der Waals surface area contributed by atoms with Gasteiger partial charge in [0.25, 0.3) is 0 Å². The fraction of sp³-hybridized carbons (Fsp3) is 0.389. The molecular formula is C36H39FN10O2. The monoisotopic (exact) mass is 662 g/mol. The molecule has 4 unspecified atom stereocenters. The summed E-state index contributed by atoms with van der Waals surface area (Å²) < 4.78 is 19.2. The SMILES string of the molecule is CC(C)(C)C1CC(n2cc(-c3cn4ncc(C#N)c4c(-c4ccc(N5CCNC(F)C5(C)c5ccccn5)cc4)n3)cn2)CCN1C(=O)O. The van der Waals surface area contributed by atoms with Gasteiger partial charge in [0.1, 0.15) is 22.7 Å². The summed E-state index contributed by atoms with van der Waals surface area (Å²) in [5.41, 5.74) is 3.99. The molecule has 2 aliphatic rings. The van der Waals surface area contributed by atoms with Crippen molar-refractivity contribution in [2.24, 2.45) is 5.41 Å². The van der Waals surface area contributed by atoms with E-state index in [2.05, 4.69) is 42.2 Å². The summed E-state index contributed by atoms with van der Waals surface area (Å²) in [5, 5.41) is 31.9. The highest BCUT2D eigenvalue weighted by Crippen LogP contribution is 2.40. The summed E-state index contributed by atoms with van der Waals surface area (Å²) in [6, 6.07) is 15.5. The second-order valence-electron chi connectivity index (χ2n) is 14.1. The summed E-state index contributed by atoms with van der Waals surface area (Å²) in [5.74, 6) is 0. The van der Waals surface area contributed by atoms with Gasteiger partial charge in [0.05, 0.1) is 41.7 Å². The molecule has 49 heavy (non-hydrogen) atoms. The second kappa shape index (κ2) is 12.3. The predicted octanol–water partition coefficient (Wildman–Crippen LogP) is 5.88. The van der Waals surface area contributed by atoms with Crippen molar-refractivity contribution < 1.29 is 14.3 Å². The topological polar surface area (TPSA) is 140 Å². The molecular weight excluding hydrogens is 623 g/mol. The summed E-state index contributed by atoms with van der Waals surface area (Å²) in [6.07, 6.45) is 7.81. The molecule has 1 aromatic carbocycles. The van der Waals surface area contributed by atoms with Gasteiger partial charge in [-0.3, -0.25) is 15.0 Å². The number of nitriles is 1. The van der Waals surface area contributed by atoms with E-state index in [1.54, 1.807) is 28.0 Å². The number of piperazine rings is 1. The Morgan fingerprint density at radius 2 is 1.88 bits per heavy atom. The van der Waals surface area contributed by atoms with Gasteiger partial charge in [-0.2, -0.15) is 15.5 Å². The van der Waals surface area contributed by atoms with E-state index >= 15 is 4.39 Å². The van der Waals surface area contributed by atoms with Crippen LogP contribution in [0.4, 0.5) is 14.9 Å². The highest BCUT2D eigenvalue weighted by molar-refractivity contribution is 5.83. The molecule has 7 rings (SSSR count). The van der Waals surface area contributed by atoms with E-state index in [1.807, 2.05) is 65.2 Å². The zero-order valence-electron chi connectivity index (χ0n) is 28.0. The molecule has 5 aromatic rings. The van der Waals surface area contributed by atoms with Crippen molar-refractivity contribution >= 4 is 17.3 Å². The molecule has 4 atom stereocenters. The number of aromatic nitrogens is 6. The maximum atomic E-state index is 15.6. The molecule has 1 amide bonds. The summed E-state index contributed by atoms with van der Waals surface area (Å²) in [4.78, 5) is 25.1. The first kappa shape index (κ1) is 32.2. The fourth-order valence-corrected chi connectivity index (χ4v) is 7.34. The van der Waals surface area contributed by atoms with E-state index in [0.29, 0.717) is 60.6 Å². The Morgan fingerprint density at radius 1 is 1.08 bits per heavy atom. The van der Waals surface area contributed by atoms with Gasteiger partial charge in [0, 0.05) is 54.9 Å². The molecule has 0 radical (unpaired) electrons. The van der Waals surface area contributed by atoms with E-state index in [4.69, 9.17) is 10.1 Å². The zero-order chi connectivity index (χ0) is 34.5. The number of rotatable bonds is 5. The van der Waals surface area contributed by atoms with Crippen molar-refractivity contribution in [2.45, 2.75) is 64.5 Å². The number of hydrogen-bond donors (Lipinski definition) is 2. The first-order chi connectivity index (χ1) is 23.5. The molecule has 0 spiro atoms. The van der Waals surface area contributed by atoms with E-state index in [9.17, 15) is 15.2 Å². The lowest BCUT2D eigenvalue weighted by molar-refractivity contribution is 0.0408. The molecule has 252 valence electrons. The summed E-state index contributed by atoms with van der Waals surface area (Å²) in [7, 11) is 0. The van der Waals surface area contributed by atoms with E-state index in [-0.39, 0.29) is 17.5 Å². The third-order valence-electron chi connectivity index (χ3n) is 10.1. The van der Waals surface area contributed by atoms with Crippen LogP contribution >= 0.6 is 0 Å². The van der Waals surface area contributed by atoms with Crippen LogP contribution in [0.1, 0.15) is 57.8 Å². The number of pyridine rings is 1. The fourth-order valence-electron chi connectivity index (χ4n) is 7.34. The van der Waals surface area contributed by atoms with Crippen LogP contribution in [0.3, 0.4) is 0 Å². The van der Waals surface area contributed by atoms with Crippen LogP contribution < -0.4 is 10.2 Å². The van der Waals surface area contributed by atoms with Crippen LogP contribution in [-0.4, -0.2) is 77.4 Å². The molecule has 2 saturated heterocycles. The van der Waals surface area contributed by atoms with Gasteiger partial charge >= 0.3 is 6.09 Å². The number of fused-ring (bicyclic) bond motifs is 1. The highest BCUT2D eigenvalue weighted by atomic mass is 19.1. The average Bonchev–Trinajstić information content (AvgIpc) is 3.77. The Hall–Kier alpha value is -5.35. The molecule has 4 aromatic heterocycles. The average molecular weight is 663 g/mol. The lowest BCUT2D eigenvalue weighted by Crippen LogP contribution is -2.62. The largest absolute Gasteiger partial charge is 0.465 e. The van der Waals surface area contributed by atoms with Gasteiger partial charge < -0.3 is 14.9 Å². The highest BCUT2D eigenvalue weighted by Gasteiger charge is 2.46. The molecule has 12 nitrogen and oxygen atoms in total. The van der Waals surface area contributed by atoms with Gasteiger partial charge in [-0.15, -0.1) is 0 Å². The number of alkyl halides is 1. The first-order valence-electron chi connectivity index (χ1n) is 16.5. The quantitative estimate of drug-likeness (QED) is 0.221. The number of likely N-dealkylation sites (tertiary alicyclic amines) is 1. The van der Waals surface area contributed by atoms with Crippen LogP contribution in [0.15, 0.2) is 73.4 Å². The number of anilines is 1. The molecule has 0 bridgehead atoms. The van der Waals surface area contributed by atoms with Crippen LogP contribution in [0.2, 0.25) is 0 Å². The maximum Gasteiger partial charge on any atom is 0.407 e. The number of nitrogens with one attached hydrogen (secondary N) is 1. The second-order valence-corrected chi connectivity index (χ2v) is 14.1. The Labute approximate surface area is 283 Å². The van der Waals surface area contributed by atoms with Crippen molar-refractivity contribution in [3.63, 3.8) is 0 Å². The number of piperidine rings is 1. The van der Waals surface area contributed by atoms with Crippen LogP contribution in [0.25, 0.3) is 28.0 Å². The third kappa shape index (κ3) is 5.65. The molecule has 6 heterocycles. The molecule has 2 aliphatic heterocycles. The molecule has 13 heteroatoms. The predicted molar refractivity (Wildman–Crippen MR) is 182 cm³/mol. The van der Waals surface area contributed by atoms with Gasteiger partial charge in [-0.05, 0) is 49.4 Å². The molecule has 2 fully saturated rings. The van der Waals surface area contributed by atoms with Gasteiger partial charge in [-0.1, -0.05) is 39.0 Å². The lowest BCUT2D eigenvalue weighted by atomic mass is 9.79. The lowest BCUT2D eigenvalue weighted by Gasteiger charge is -2.48. The Bertz CT molecular complexity index is 2030. The van der Waals surface area contributed by atoms with Gasteiger partial charge in [-0.25, -0.2) is 18.7 Å².